The van der Waals surface area contributed by atoms with Crippen molar-refractivity contribution >= 4 is 5.71 Å². The van der Waals surface area contributed by atoms with Gasteiger partial charge in [0.2, 0.25) is 0 Å². The monoisotopic (exact) mass is 181 g/mol. The zero-order valence-corrected chi connectivity index (χ0v) is 7.61. The van der Waals surface area contributed by atoms with Crippen LogP contribution in [0.15, 0.2) is 5.10 Å². The summed E-state index contributed by atoms with van der Waals surface area (Å²) in [6.07, 6.45) is 0.725. The Balaban J connectivity index is 2.10. The predicted molar refractivity (Wildman–Crippen MR) is 46.3 cm³/mol. The van der Waals surface area contributed by atoms with Crippen molar-refractivity contribution in [2.45, 2.75) is 13.3 Å². The highest BCUT2D eigenvalue weighted by molar-refractivity contribution is 5.88. The molecule has 0 amide bonds. The van der Waals surface area contributed by atoms with Gasteiger partial charge in [-0.1, -0.05) is 0 Å². The molecule has 0 saturated carbocycles. The fraction of sp³-hybridized carbons (Fsp3) is 0.571. The summed E-state index contributed by atoms with van der Waals surface area (Å²) < 4.78 is 1.74. The van der Waals surface area contributed by atoms with E-state index >= 15 is 0 Å². The molecule has 6 heteroatoms. The molecule has 0 fully saturated rings. The molecule has 70 valence electrons. The molecule has 13 heavy (non-hydrogen) atoms. The van der Waals surface area contributed by atoms with Crippen LogP contribution in [0.1, 0.15) is 11.6 Å². The summed E-state index contributed by atoms with van der Waals surface area (Å²) in [5.74, 6) is 1.70. The number of nitrogens with one attached hydrogen (secondary N) is 1. The van der Waals surface area contributed by atoms with Crippen LogP contribution in [0.5, 0.6) is 0 Å². The molecule has 0 radical (unpaired) electrons. The van der Waals surface area contributed by atoms with Crippen LogP contribution in [0.4, 0.5) is 0 Å². The first-order chi connectivity index (χ1) is 6.31. The van der Waals surface area contributed by atoms with Gasteiger partial charge in [0.05, 0.1) is 12.1 Å². The molecule has 1 aromatic heterocycles. The summed E-state index contributed by atoms with van der Waals surface area (Å²) in [6, 6.07) is 0. The van der Waals surface area contributed by atoms with E-state index in [0.717, 1.165) is 23.8 Å². The second-order valence-electron chi connectivity index (χ2n) is 2.81. The van der Waals surface area contributed by atoms with Gasteiger partial charge >= 0.3 is 0 Å². The van der Waals surface area contributed by atoms with E-state index in [1.54, 1.807) is 11.7 Å². The Labute approximate surface area is 75.6 Å². The molecule has 0 aromatic carbocycles. The molecular weight excluding hydrogens is 170 g/mol. The van der Waals surface area contributed by atoms with Crippen LogP contribution in [0, 0.1) is 6.92 Å². The van der Waals surface area contributed by atoms with Crippen LogP contribution in [-0.4, -0.2) is 34.2 Å². The standard InChI is InChI=1S/C7H11N5O/c1-5-9-10-7-3-6(4-13-8-2)11-12(5)7/h8H,3-4H2,1-2H3. The fourth-order valence-electron chi connectivity index (χ4n) is 1.24. The summed E-state index contributed by atoms with van der Waals surface area (Å²) >= 11 is 0. The van der Waals surface area contributed by atoms with Crippen molar-refractivity contribution in [2.75, 3.05) is 13.7 Å². The van der Waals surface area contributed by atoms with Crippen molar-refractivity contribution < 1.29 is 4.84 Å². The maximum absolute atomic E-state index is 5.02. The Kier molecular flexibility index (Phi) is 2.07. The summed E-state index contributed by atoms with van der Waals surface area (Å²) in [6.45, 7) is 2.36. The van der Waals surface area contributed by atoms with E-state index in [1.807, 2.05) is 6.92 Å². The van der Waals surface area contributed by atoms with Gasteiger partial charge in [-0.15, -0.1) is 10.2 Å². The second kappa shape index (κ2) is 3.23. The molecule has 6 nitrogen and oxygen atoms in total. The van der Waals surface area contributed by atoms with Crippen molar-refractivity contribution in [3.63, 3.8) is 0 Å². The smallest absolute Gasteiger partial charge is 0.160 e. The van der Waals surface area contributed by atoms with Crippen LogP contribution in [0.2, 0.25) is 0 Å². The Hall–Kier alpha value is -1.27. The number of rotatable bonds is 3. The maximum Gasteiger partial charge on any atom is 0.160 e. The average molecular weight is 181 g/mol. The Bertz CT molecular complexity index is 343. The van der Waals surface area contributed by atoms with Crippen LogP contribution in [0.25, 0.3) is 0 Å². The number of hydroxylamine groups is 1. The molecule has 0 unspecified atom stereocenters. The first-order valence-corrected chi connectivity index (χ1v) is 4.07. The molecule has 0 bridgehead atoms. The van der Waals surface area contributed by atoms with Crippen molar-refractivity contribution in [1.29, 1.82) is 0 Å². The van der Waals surface area contributed by atoms with Crippen molar-refractivity contribution in [3.8, 4) is 0 Å². The molecule has 2 rings (SSSR count). The van der Waals surface area contributed by atoms with E-state index in [4.69, 9.17) is 4.84 Å². The summed E-state index contributed by atoms with van der Waals surface area (Å²) in [4.78, 5) is 5.02. The van der Waals surface area contributed by atoms with Gasteiger partial charge in [-0.05, 0) is 6.92 Å². The van der Waals surface area contributed by atoms with E-state index in [-0.39, 0.29) is 0 Å². The molecule has 2 heterocycles. The van der Waals surface area contributed by atoms with Gasteiger partial charge < -0.3 is 0 Å². The number of nitrogens with zero attached hydrogens (tertiary/aromatic N) is 4. The average Bonchev–Trinajstić information content (AvgIpc) is 2.65. The molecular formula is C7H11N5O. The first-order valence-electron chi connectivity index (χ1n) is 4.07. The Morgan fingerprint density at radius 1 is 1.54 bits per heavy atom. The van der Waals surface area contributed by atoms with Crippen LogP contribution in [0.3, 0.4) is 0 Å². The van der Waals surface area contributed by atoms with Gasteiger partial charge in [0.1, 0.15) is 6.61 Å². The maximum atomic E-state index is 5.02. The highest BCUT2D eigenvalue weighted by Crippen LogP contribution is 2.09. The predicted octanol–water partition coefficient (Wildman–Crippen LogP) is -0.502. The Morgan fingerprint density at radius 2 is 2.38 bits per heavy atom. The quantitative estimate of drug-likeness (QED) is 0.638. The molecule has 0 spiro atoms. The molecule has 1 aliphatic rings. The zero-order chi connectivity index (χ0) is 9.26. The molecule has 1 aromatic rings. The largest absolute Gasteiger partial charge is 0.296 e. The third-order valence-corrected chi connectivity index (χ3v) is 1.85. The van der Waals surface area contributed by atoms with E-state index < -0.39 is 0 Å². The minimum absolute atomic E-state index is 0.485. The molecule has 0 atom stereocenters. The first kappa shape index (κ1) is 8.33. The highest BCUT2D eigenvalue weighted by atomic mass is 16.6. The lowest BCUT2D eigenvalue weighted by molar-refractivity contribution is 0.0886. The highest BCUT2D eigenvalue weighted by Gasteiger charge is 2.18. The van der Waals surface area contributed by atoms with Crippen LogP contribution >= 0.6 is 0 Å². The Morgan fingerprint density at radius 3 is 3.08 bits per heavy atom. The minimum atomic E-state index is 0.485. The van der Waals surface area contributed by atoms with Gasteiger partial charge in [0.15, 0.2) is 11.6 Å². The zero-order valence-electron chi connectivity index (χ0n) is 7.61. The van der Waals surface area contributed by atoms with Crippen LogP contribution < -0.4 is 5.48 Å². The summed E-state index contributed by atoms with van der Waals surface area (Å²) in [5, 5.41) is 12.2. The third-order valence-electron chi connectivity index (χ3n) is 1.85. The fourth-order valence-corrected chi connectivity index (χ4v) is 1.24. The SMILES string of the molecule is CNOCC1=Nn2c(C)nnc2C1. The number of hydrogen-bond acceptors (Lipinski definition) is 5. The van der Waals surface area contributed by atoms with Crippen molar-refractivity contribution in [3.05, 3.63) is 11.6 Å². The van der Waals surface area contributed by atoms with Crippen molar-refractivity contribution in [1.82, 2.24) is 20.4 Å². The lowest BCUT2D eigenvalue weighted by Crippen LogP contribution is -2.16. The molecule has 1 aliphatic heterocycles. The van der Waals surface area contributed by atoms with Crippen LogP contribution in [-0.2, 0) is 11.3 Å². The normalized spacial score (nSPS) is 14.5. The summed E-state index contributed by atoms with van der Waals surface area (Å²) in [5.41, 5.74) is 3.56. The van der Waals surface area contributed by atoms with E-state index in [0.29, 0.717) is 6.61 Å². The number of fused-ring (bicyclic) bond motifs is 1. The lowest BCUT2D eigenvalue weighted by atomic mass is 10.3. The minimum Gasteiger partial charge on any atom is -0.296 e. The molecule has 0 saturated heterocycles. The van der Waals surface area contributed by atoms with Gasteiger partial charge in [-0.2, -0.15) is 5.10 Å². The lowest BCUT2D eigenvalue weighted by Gasteiger charge is -1.98. The third kappa shape index (κ3) is 1.45. The van der Waals surface area contributed by atoms with Gasteiger partial charge in [-0.25, -0.2) is 10.2 Å². The van der Waals surface area contributed by atoms with Crippen molar-refractivity contribution in [2.24, 2.45) is 5.10 Å². The molecule has 0 aliphatic carbocycles. The van der Waals surface area contributed by atoms with E-state index in [1.165, 1.54) is 0 Å². The number of hydrogen-bond donors (Lipinski definition) is 1. The summed E-state index contributed by atoms with van der Waals surface area (Å²) in [7, 11) is 1.72. The number of aryl methyl sites for hydroxylation is 1. The van der Waals surface area contributed by atoms with Gasteiger partial charge in [0.25, 0.3) is 0 Å². The van der Waals surface area contributed by atoms with Gasteiger partial charge in [-0.3, -0.25) is 4.84 Å². The second-order valence-corrected chi connectivity index (χ2v) is 2.81. The van der Waals surface area contributed by atoms with E-state index in [9.17, 15) is 0 Å². The topological polar surface area (TPSA) is 64.3 Å². The van der Waals surface area contributed by atoms with Gasteiger partial charge in [0, 0.05) is 7.05 Å². The molecule has 1 N–H and O–H groups in total. The number of aromatic nitrogens is 3. The van der Waals surface area contributed by atoms with E-state index in [2.05, 4.69) is 20.8 Å².